The summed E-state index contributed by atoms with van der Waals surface area (Å²) in [7, 11) is -3.62. The number of carbonyl (C=O) groups is 1. The van der Waals surface area contributed by atoms with Gasteiger partial charge in [0.2, 0.25) is 10.0 Å². The third-order valence-electron chi connectivity index (χ3n) is 6.52. The van der Waals surface area contributed by atoms with Crippen LogP contribution in [0, 0.1) is 0 Å². The summed E-state index contributed by atoms with van der Waals surface area (Å²) in [6.07, 6.45) is 1.72. The van der Waals surface area contributed by atoms with E-state index in [9.17, 15) is 18.0 Å². The minimum Gasteiger partial charge on any atom is -0.331 e. The molecule has 1 amide bonds. The van der Waals surface area contributed by atoms with E-state index in [0.29, 0.717) is 43.0 Å². The quantitative estimate of drug-likeness (QED) is 0.339. The molecule has 1 aliphatic heterocycles. The molecule has 1 saturated heterocycles. The van der Waals surface area contributed by atoms with Crippen LogP contribution in [0.25, 0.3) is 16.9 Å². The third-order valence-corrected chi connectivity index (χ3v) is 7.11. The van der Waals surface area contributed by atoms with Crippen molar-refractivity contribution in [2.45, 2.75) is 12.5 Å². The number of piperazine rings is 1. The number of aromatic amines is 1. The molecule has 0 unspecified atom stereocenters. The largest absolute Gasteiger partial charge is 0.331 e. The summed E-state index contributed by atoms with van der Waals surface area (Å²) < 4.78 is 28.0. The van der Waals surface area contributed by atoms with Crippen molar-refractivity contribution < 1.29 is 13.2 Å². The monoisotopic (exact) mass is 531 g/mol. The average Bonchev–Trinajstić information content (AvgIpc) is 3.26. The van der Waals surface area contributed by atoms with E-state index in [1.807, 2.05) is 65.6 Å². The number of anilines is 1. The van der Waals surface area contributed by atoms with Gasteiger partial charge in [0.05, 0.1) is 23.3 Å². The molecule has 0 spiro atoms. The Balaban J connectivity index is 1.63. The van der Waals surface area contributed by atoms with E-state index in [1.54, 1.807) is 24.3 Å². The van der Waals surface area contributed by atoms with Gasteiger partial charge in [-0.05, 0) is 24.1 Å². The summed E-state index contributed by atoms with van der Waals surface area (Å²) in [5.41, 5.74) is 2.32. The molecule has 0 aliphatic carbocycles. The number of nitrogens with one attached hydrogen (secondary N) is 3. The van der Waals surface area contributed by atoms with Crippen molar-refractivity contribution >= 4 is 21.6 Å². The van der Waals surface area contributed by atoms with Crippen LogP contribution in [-0.4, -0.2) is 60.7 Å². The lowest BCUT2D eigenvalue weighted by atomic mass is 10.0. The molecule has 1 aliphatic rings. The number of hydrogen-bond acceptors (Lipinski definition) is 5. The molecule has 38 heavy (non-hydrogen) atoms. The summed E-state index contributed by atoms with van der Waals surface area (Å²) in [4.78, 5) is 32.2. The van der Waals surface area contributed by atoms with Crippen LogP contribution in [0.3, 0.4) is 0 Å². The van der Waals surface area contributed by atoms with Crippen LogP contribution in [0.2, 0.25) is 0 Å². The second-order valence-corrected chi connectivity index (χ2v) is 11.0. The number of amides is 1. The predicted molar refractivity (Wildman–Crippen MR) is 148 cm³/mol. The second kappa shape index (κ2) is 10.7. The van der Waals surface area contributed by atoms with E-state index in [4.69, 9.17) is 0 Å². The predicted octanol–water partition coefficient (Wildman–Crippen LogP) is 2.86. The lowest BCUT2D eigenvalue weighted by molar-refractivity contribution is 0.0631. The van der Waals surface area contributed by atoms with Gasteiger partial charge in [-0.2, -0.15) is 0 Å². The Morgan fingerprint density at radius 1 is 0.974 bits per heavy atom. The molecule has 3 aromatic carbocycles. The minimum absolute atomic E-state index is 0.103. The Morgan fingerprint density at radius 2 is 1.63 bits per heavy atom. The molecule has 2 heterocycles. The molecular formula is C28H29N5O4S. The van der Waals surface area contributed by atoms with Crippen molar-refractivity contribution in [2.75, 3.05) is 30.6 Å². The Bertz CT molecular complexity index is 1600. The highest BCUT2D eigenvalue weighted by Gasteiger charge is 2.32. The number of nitrogens with zero attached hydrogens (tertiary/aromatic N) is 2. The number of carbonyl (C=O) groups excluding carboxylic acids is 1. The van der Waals surface area contributed by atoms with Crippen molar-refractivity contribution in [2.24, 2.45) is 0 Å². The fourth-order valence-electron chi connectivity index (χ4n) is 4.88. The fraction of sp³-hybridized carbons (Fsp3) is 0.214. The van der Waals surface area contributed by atoms with E-state index < -0.39 is 15.7 Å². The zero-order valence-corrected chi connectivity index (χ0v) is 21.7. The van der Waals surface area contributed by atoms with E-state index in [0.717, 1.165) is 11.8 Å². The van der Waals surface area contributed by atoms with Crippen LogP contribution in [-0.2, 0) is 16.4 Å². The first-order chi connectivity index (χ1) is 18.3. The van der Waals surface area contributed by atoms with Crippen LogP contribution in [0.5, 0.6) is 0 Å². The van der Waals surface area contributed by atoms with Crippen molar-refractivity contribution in [3.8, 4) is 16.9 Å². The maximum Gasteiger partial charge on any atom is 0.331 e. The van der Waals surface area contributed by atoms with E-state index in [-0.39, 0.29) is 23.3 Å². The lowest BCUT2D eigenvalue weighted by Gasteiger charge is -2.36. The normalized spacial score (nSPS) is 15.8. The average molecular weight is 532 g/mol. The number of imidazole rings is 1. The topological polar surface area (TPSA) is 116 Å². The van der Waals surface area contributed by atoms with Crippen molar-refractivity contribution in [1.29, 1.82) is 0 Å². The molecule has 0 radical (unpaired) electrons. The highest BCUT2D eigenvalue weighted by Crippen LogP contribution is 2.30. The SMILES string of the molecule is CS(=O)(=O)Nc1ccccc1-n1c(-c2ccccc2)c(C(=O)N2CCNC[C@H]2Cc2ccccc2)[nH]c1=O. The second-order valence-electron chi connectivity index (χ2n) is 9.29. The lowest BCUT2D eigenvalue weighted by Crippen LogP contribution is -2.54. The molecule has 196 valence electrons. The molecule has 1 aromatic heterocycles. The van der Waals surface area contributed by atoms with Gasteiger partial charge < -0.3 is 15.2 Å². The van der Waals surface area contributed by atoms with Gasteiger partial charge in [0.25, 0.3) is 5.91 Å². The van der Waals surface area contributed by atoms with Gasteiger partial charge in [-0.3, -0.25) is 14.1 Å². The van der Waals surface area contributed by atoms with E-state index in [1.165, 1.54) is 4.57 Å². The van der Waals surface area contributed by atoms with Crippen LogP contribution in [0.15, 0.2) is 89.7 Å². The fourth-order valence-corrected chi connectivity index (χ4v) is 5.46. The van der Waals surface area contributed by atoms with Gasteiger partial charge in [-0.25, -0.2) is 13.2 Å². The zero-order valence-electron chi connectivity index (χ0n) is 20.9. The van der Waals surface area contributed by atoms with Crippen LogP contribution >= 0.6 is 0 Å². The van der Waals surface area contributed by atoms with Gasteiger partial charge in [-0.15, -0.1) is 0 Å². The number of para-hydroxylation sites is 2. The highest BCUT2D eigenvalue weighted by molar-refractivity contribution is 7.92. The zero-order chi connectivity index (χ0) is 26.7. The number of sulfonamides is 1. The van der Waals surface area contributed by atoms with Crippen molar-refractivity contribution in [3.63, 3.8) is 0 Å². The van der Waals surface area contributed by atoms with Gasteiger partial charge in [0.1, 0.15) is 5.69 Å². The summed E-state index contributed by atoms with van der Waals surface area (Å²) in [6.45, 7) is 1.76. The van der Waals surface area contributed by atoms with Crippen molar-refractivity contribution in [1.82, 2.24) is 19.8 Å². The smallest absolute Gasteiger partial charge is 0.331 e. The standard InChI is InChI=1S/C28H29N5O4S/c1-38(36,37)31-23-14-8-9-15-24(23)33-26(21-12-6-3-7-13-21)25(30-28(33)35)27(34)32-17-16-29-19-22(32)18-20-10-4-2-5-11-20/h2-15,22,29,31H,16-19H2,1H3,(H,30,35)/t22-/m1/s1. The maximum atomic E-state index is 14.1. The third kappa shape index (κ3) is 5.41. The first-order valence-electron chi connectivity index (χ1n) is 12.3. The first kappa shape index (κ1) is 25.5. The Hall–Kier alpha value is -4.15. The van der Waals surface area contributed by atoms with Crippen LogP contribution in [0.4, 0.5) is 5.69 Å². The minimum atomic E-state index is -3.62. The van der Waals surface area contributed by atoms with Crippen LogP contribution in [0.1, 0.15) is 16.1 Å². The summed E-state index contributed by atoms with van der Waals surface area (Å²) in [5, 5.41) is 3.37. The highest BCUT2D eigenvalue weighted by atomic mass is 32.2. The summed E-state index contributed by atoms with van der Waals surface area (Å²) in [5.74, 6) is -0.282. The van der Waals surface area contributed by atoms with Gasteiger partial charge in [0, 0.05) is 31.2 Å². The molecule has 1 fully saturated rings. The molecule has 5 rings (SSSR count). The van der Waals surface area contributed by atoms with E-state index in [2.05, 4.69) is 15.0 Å². The molecule has 4 aromatic rings. The van der Waals surface area contributed by atoms with Gasteiger partial charge >= 0.3 is 5.69 Å². The molecule has 1 atom stereocenters. The maximum absolute atomic E-state index is 14.1. The van der Waals surface area contributed by atoms with Gasteiger partial charge in [-0.1, -0.05) is 72.8 Å². The number of rotatable bonds is 7. The van der Waals surface area contributed by atoms with E-state index >= 15 is 0 Å². The molecular weight excluding hydrogens is 502 g/mol. The summed E-state index contributed by atoms with van der Waals surface area (Å²) >= 11 is 0. The Labute approximate surface area is 221 Å². The molecule has 10 heteroatoms. The Kier molecular flexibility index (Phi) is 7.17. The Morgan fingerprint density at radius 3 is 2.34 bits per heavy atom. The number of benzene rings is 3. The molecule has 0 bridgehead atoms. The summed E-state index contributed by atoms with van der Waals surface area (Å²) in [6, 6.07) is 25.7. The first-order valence-corrected chi connectivity index (χ1v) is 14.2. The molecule has 3 N–H and O–H groups in total. The van der Waals surface area contributed by atoms with Gasteiger partial charge in [0.15, 0.2) is 0 Å². The number of H-pyrrole nitrogens is 1. The number of hydrogen-bond donors (Lipinski definition) is 3. The molecule has 9 nitrogen and oxygen atoms in total. The van der Waals surface area contributed by atoms with Crippen LogP contribution < -0.4 is 15.7 Å². The van der Waals surface area contributed by atoms with Crippen molar-refractivity contribution in [3.05, 3.63) is 107 Å². The number of aromatic nitrogens is 2. The molecule has 0 saturated carbocycles.